The first-order valence-corrected chi connectivity index (χ1v) is 11.0. The third-order valence-corrected chi connectivity index (χ3v) is 5.47. The summed E-state index contributed by atoms with van der Waals surface area (Å²) >= 11 is 0. The number of ether oxygens (including phenoxy) is 1. The molecular formula is C24H21ClF3N7O2. The molecule has 1 saturated carbocycles. The van der Waals surface area contributed by atoms with Crippen molar-refractivity contribution in [3.8, 4) is 23.0 Å². The number of pyridine rings is 2. The Morgan fingerprint density at radius 2 is 1.97 bits per heavy atom. The second-order valence-electron chi connectivity index (χ2n) is 8.21. The first kappa shape index (κ1) is 26.0. The van der Waals surface area contributed by atoms with Gasteiger partial charge in [0.25, 0.3) is 5.91 Å². The van der Waals surface area contributed by atoms with Crippen LogP contribution in [0.25, 0.3) is 11.4 Å². The predicted octanol–water partition coefficient (Wildman–Crippen LogP) is 5.01. The molecule has 37 heavy (non-hydrogen) atoms. The average Bonchev–Trinajstić information content (AvgIpc) is 3.59. The number of rotatable bonds is 7. The maximum Gasteiger partial charge on any atom is 0.433 e. The zero-order valence-corrected chi connectivity index (χ0v) is 20.0. The number of halogens is 4. The van der Waals surface area contributed by atoms with Gasteiger partial charge in [-0.25, -0.2) is 4.98 Å². The van der Waals surface area contributed by atoms with Crippen LogP contribution in [0.1, 0.15) is 40.6 Å². The molecule has 4 aromatic rings. The van der Waals surface area contributed by atoms with Crippen LogP contribution in [-0.4, -0.2) is 30.6 Å². The van der Waals surface area contributed by atoms with Crippen LogP contribution < -0.4 is 15.8 Å². The second-order valence-corrected chi connectivity index (χ2v) is 8.21. The van der Waals surface area contributed by atoms with Crippen molar-refractivity contribution in [3.05, 3.63) is 78.0 Å². The van der Waals surface area contributed by atoms with Crippen LogP contribution in [0.2, 0.25) is 0 Å². The number of alkyl halides is 3. The Morgan fingerprint density at radius 1 is 1.16 bits per heavy atom. The Hall–Kier alpha value is -4.03. The van der Waals surface area contributed by atoms with E-state index in [0.717, 1.165) is 24.5 Å². The molecule has 1 aliphatic rings. The molecule has 0 aliphatic heterocycles. The number of carbonyl (C=O) groups is 1. The molecule has 1 amide bonds. The number of nitrogens with zero attached hydrogens (tertiary/aromatic N) is 5. The van der Waals surface area contributed by atoms with Crippen LogP contribution in [-0.2, 0) is 12.7 Å². The largest absolute Gasteiger partial charge is 0.439 e. The van der Waals surface area contributed by atoms with Crippen LogP contribution in [0.15, 0.2) is 61.1 Å². The fourth-order valence-electron chi connectivity index (χ4n) is 3.59. The van der Waals surface area contributed by atoms with Crippen molar-refractivity contribution in [2.75, 3.05) is 5.32 Å². The third kappa shape index (κ3) is 6.04. The Labute approximate surface area is 215 Å². The van der Waals surface area contributed by atoms with Gasteiger partial charge in [-0.2, -0.15) is 13.2 Å². The average molecular weight is 532 g/mol. The van der Waals surface area contributed by atoms with Crippen molar-refractivity contribution >= 4 is 24.0 Å². The quantitative estimate of drug-likeness (QED) is 0.343. The summed E-state index contributed by atoms with van der Waals surface area (Å²) in [5.74, 6) is -0.0139. The van der Waals surface area contributed by atoms with Gasteiger partial charge in [0.1, 0.15) is 23.5 Å². The zero-order chi connectivity index (χ0) is 25.3. The molecule has 3 aromatic heterocycles. The summed E-state index contributed by atoms with van der Waals surface area (Å²) in [4.78, 5) is 20.4. The lowest BCUT2D eigenvalue weighted by molar-refractivity contribution is -0.141. The molecule has 0 saturated heterocycles. The molecule has 0 bridgehead atoms. The number of nitrogens with one attached hydrogen (secondary N) is 1. The summed E-state index contributed by atoms with van der Waals surface area (Å²) in [6.07, 6.45) is 0.511. The van der Waals surface area contributed by atoms with E-state index >= 15 is 0 Å². The van der Waals surface area contributed by atoms with Gasteiger partial charge in [-0.05, 0) is 42.7 Å². The molecule has 1 fully saturated rings. The summed E-state index contributed by atoms with van der Waals surface area (Å²) < 4.78 is 47.0. The number of aromatic nitrogens is 5. The normalized spacial score (nSPS) is 13.1. The van der Waals surface area contributed by atoms with Crippen molar-refractivity contribution in [3.63, 3.8) is 0 Å². The van der Waals surface area contributed by atoms with Gasteiger partial charge < -0.3 is 20.4 Å². The molecule has 0 spiro atoms. The van der Waals surface area contributed by atoms with E-state index in [4.69, 9.17) is 10.5 Å². The van der Waals surface area contributed by atoms with E-state index in [9.17, 15) is 18.0 Å². The number of anilines is 1. The summed E-state index contributed by atoms with van der Waals surface area (Å²) in [7, 11) is 0. The number of hydrogen-bond acceptors (Lipinski definition) is 7. The Bertz CT molecular complexity index is 1420. The van der Waals surface area contributed by atoms with E-state index in [1.165, 1.54) is 24.4 Å². The van der Waals surface area contributed by atoms with Gasteiger partial charge in [0.05, 0.1) is 0 Å². The highest BCUT2D eigenvalue weighted by atomic mass is 35.5. The standard InChI is InChI=1S/C24H20F3N7O2.ClH/c25-24(26,27)20-8-14(12-28)9-21(32-20)36-18-6-7-29-19(11-18)23(35)31-16-3-1-2-15(10-16)22-33-30-13-34(22)17-4-5-17;/h1-3,6-11,13,17H,4-5,12,28H2,(H,31,35);1H. The SMILES string of the molecule is Cl.NCc1cc(Oc2ccnc(C(=O)Nc3cccc(-c4nncn4C4CC4)c3)c2)nc(C(F)(F)F)c1. The van der Waals surface area contributed by atoms with Crippen LogP contribution in [0.3, 0.4) is 0 Å². The predicted molar refractivity (Wildman–Crippen MR) is 130 cm³/mol. The van der Waals surface area contributed by atoms with Crippen LogP contribution in [0.5, 0.6) is 11.6 Å². The molecule has 3 heterocycles. The van der Waals surface area contributed by atoms with Gasteiger partial charge in [-0.15, -0.1) is 22.6 Å². The van der Waals surface area contributed by atoms with E-state index in [-0.39, 0.29) is 41.8 Å². The topological polar surface area (TPSA) is 121 Å². The maximum atomic E-state index is 13.2. The minimum atomic E-state index is -4.66. The van der Waals surface area contributed by atoms with Gasteiger partial charge in [-0.3, -0.25) is 9.78 Å². The van der Waals surface area contributed by atoms with E-state index in [1.807, 2.05) is 10.6 Å². The van der Waals surface area contributed by atoms with E-state index < -0.39 is 17.8 Å². The van der Waals surface area contributed by atoms with Gasteiger partial charge in [-0.1, -0.05) is 12.1 Å². The molecule has 1 aromatic carbocycles. The summed E-state index contributed by atoms with van der Waals surface area (Å²) in [6.45, 7) is -0.123. The number of amides is 1. The number of carbonyl (C=O) groups excluding carboxylic acids is 1. The molecule has 9 nitrogen and oxygen atoms in total. The molecule has 13 heteroatoms. The summed E-state index contributed by atoms with van der Waals surface area (Å²) in [5, 5.41) is 11.0. The Kier molecular flexibility index (Phi) is 7.41. The summed E-state index contributed by atoms with van der Waals surface area (Å²) in [6, 6.07) is 12.5. The fraction of sp³-hybridized carbons (Fsp3) is 0.208. The first-order valence-electron chi connectivity index (χ1n) is 11.0. The van der Waals surface area contributed by atoms with E-state index in [2.05, 4.69) is 25.5 Å². The zero-order valence-electron chi connectivity index (χ0n) is 19.1. The number of benzene rings is 1. The monoisotopic (exact) mass is 531 g/mol. The van der Waals surface area contributed by atoms with Gasteiger partial charge in [0.15, 0.2) is 5.82 Å². The van der Waals surface area contributed by atoms with E-state index in [1.54, 1.807) is 24.5 Å². The molecular weight excluding hydrogens is 511 g/mol. The molecule has 3 N–H and O–H groups in total. The lowest BCUT2D eigenvalue weighted by atomic mass is 10.2. The highest BCUT2D eigenvalue weighted by molar-refractivity contribution is 6.03. The lowest BCUT2D eigenvalue weighted by Gasteiger charge is -2.12. The van der Waals surface area contributed by atoms with Crippen LogP contribution in [0.4, 0.5) is 18.9 Å². The Balaban J connectivity index is 0.00000320. The molecule has 0 unspecified atom stereocenters. The third-order valence-electron chi connectivity index (χ3n) is 5.47. The minimum absolute atomic E-state index is 0. The van der Waals surface area contributed by atoms with E-state index in [0.29, 0.717) is 17.6 Å². The smallest absolute Gasteiger partial charge is 0.433 e. The van der Waals surface area contributed by atoms with Gasteiger partial charge in [0.2, 0.25) is 5.88 Å². The van der Waals surface area contributed by atoms with Crippen molar-refractivity contribution in [2.24, 2.45) is 5.73 Å². The maximum absolute atomic E-state index is 13.2. The highest BCUT2D eigenvalue weighted by Gasteiger charge is 2.33. The first-order chi connectivity index (χ1) is 17.3. The second kappa shape index (κ2) is 10.5. The summed E-state index contributed by atoms with van der Waals surface area (Å²) in [5.41, 5.74) is 5.91. The number of nitrogens with two attached hydrogens (primary N) is 1. The Morgan fingerprint density at radius 3 is 2.70 bits per heavy atom. The van der Waals surface area contributed by atoms with Crippen molar-refractivity contribution in [2.45, 2.75) is 31.6 Å². The van der Waals surface area contributed by atoms with Gasteiger partial charge >= 0.3 is 6.18 Å². The van der Waals surface area contributed by atoms with Crippen LogP contribution >= 0.6 is 12.4 Å². The van der Waals surface area contributed by atoms with Crippen molar-refractivity contribution in [1.29, 1.82) is 0 Å². The van der Waals surface area contributed by atoms with Crippen LogP contribution in [0, 0.1) is 0 Å². The van der Waals surface area contributed by atoms with Crippen molar-refractivity contribution < 1.29 is 22.7 Å². The van der Waals surface area contributed by atoms with Gasteiger partial charge in [0, 0.05) is 42.2 Å². The molecule has 192 valence electrons. The molecule has 0 radical (unpaired) electrons. The molecule has 0 atom stereocenters. The fourth-order valence-corrected chi connectivity index (χ4v) is 3.59. The lowest BCUT2D eigenvalue weighted by Crippen LogP contribution is -2.14. The molecule has 5 rings (SSSR count). The number of hydrogen-bond donors (Lipinski definition) is 2. The molecule has 1 aliphatic carbocycles. The minimum Gasteiger partial charge on any atom is -0.439 e. The van der Waals surface area contributed by atoms with Crippen molar-refractivity contribution in [1.82, 2.24) is 24.7 Å². The highest BCUT2D eigenvalue weighted by Crippen LogP contribution is 2.37.